The lowest BCUT2D eigenvalue weighted by Crippen LogP contribution is -2.06. The van der Waals surface area contributed by atoms with Gasteiger partial charge in [0.2, 0.25) is 0 Å². The second-order valence-corrected chi connectivity index (χ2v) is 7.70. The van der Waals surface area contributed by atoms with Crippen LogP contribution in [0.4, 0.5) is 0 Å². The molecule has 2 aromatic heterocycles. The first-order valence-corrected chi connectivity index (χ1v) is 9.79. The molecule has 4 nitrogen and oxygen atoms in total. The summed E-state index contributed by atoms with van der Waals surface area (Å²) in [6, 6.07) is 16.7. The van der Waals surface area contributed by atoms with Crippen molar-refractivity contribution in [2.45, 2.75) is 25.2 Å². The SMILES string of the molecule is CCS(=O)c1ccc(-c2cc(C(=O)Cc3cccc(C)n3)ccn2)cc1. The van der Waals surface area contributed by atoms with Gasteiger partial charge in [0.25, 0.3) is 0 Å². The average molecular weight is 364 g/mol. The van der Waals surface area contributed by atoms with Crippen molar-refractivity contribution in [2.24, 2.45) is 0 Å². The molecule has 2 heterocycles. The molecule has 3 aromatic rings. The molecule has 0 bridgehead atoms. The van der Waals surface area contributed by atoms with Crippen LogP contribution in [0.15, 0.2) is 65.7 Å². The van der Waals surface area contributed by atoms with E-state index in [0.29, 0.717) is 11.3 Å². The van der Waals surface area contributed by atoms with Crippen molar-refractivity contribution in [3.8, 4) is 11.3 Å². The van der Waals surface area contributed by atoms with Gasteiger partial charge in [0.05, 0.1) is 22.9 Å². The molecule has 1 aromatic carbocycles. The zero-order valence-electron chi connectivity index (χ0n) is 14.8. The third-order valence-electron chi connectivity index (χ3n) is 4.04. The fraction of sp³-hybridized carbons (Fsp3) is 0.190. The van der Waals surface area contributed by atoms with Gasteiger partial charge in [0.1, 0.15) is 0 Å². The number of carbonyl (C=O) groups is 1. The molecule has 3 rings (SSSR count). The first-order valence-electron chi connectivity index (χ1n) is 8.47. The van der Waals surface area contributed by atoms with E-state index in [4.69, 9.17) is 0 Å². The fourth-order valence-corrected chi connectivity index (χ4v) is 3.44. The van der Waals surface area contributed by atoms with Gasteiger partial charge in [-0.2, -0.15) is 0 Å². The highest BCUT2D eigenvalue weighted by molar-refractivity contribution is 7.85. The Morgan fingerprint density at radius 3 is 2.54 bits per heavy atom. The smallest absolute Gasteiger partial charge is 0.168 e. The summed E-state index contributed by atoms with van der Waals surface area (Å²) in [6.45, 7) is 3.80. The summed E-state index contributed by atoms with van der Waals surface area (Å²) in [4.78, 5) is 22.1. The van der Waals surface area contributed by atoms with Crippen LogP contribution in [0.1, 0.15) is 28.7 Å². The molecule has 0 aliphatic heterocycles. The Morgan fingerprint density at radius 1 is 1.08 bits per heavy atom. The molecule has 0 aliphatic carbocycles. The molecule has 0 radical (unpaired) electrons. The van der Waals surface area contributed by atoms with Gasteiger partial charge in [0.15, 0.2) is 5.78 Å². The predicted octanol–water partition coefficient (Wildman–Crippen LogP) is 4.00. The highest BCUT2D eigenvalue weighted by atomic mass is 32.2. The molecule has 5 heteroatoms. The van der Waals surface area contributed by atoms with Crippen molar-refractivity contribution < 1.29 is 9.00 Å². The number of benzene rings is 1. The van der Waals surface area contributed by atoms with E-state index < -0.39 is 10.8 Å². The molecule has 1 unspecified atom stereocenters. The second kappa shape index (κ2) is 8.15. The Labute approximate surface area is 155 Å². The summed E-state index contributed by atoms with van der Waals surface area (Å²) in [5.41, 5.74) is 3.89. The molecule has 1 atom stereocenters. The van der Waals surface area contributed by atoms with Gasteiger partial charge in [-0.05, 0) is 43.3 Å². The number of Topliss-reactive ketones (excluding diaryl/α,β-unsaturated/α-hetero) is 1. The Bertz CT molecular complexity index is 952. The molecule has 0 aliphatic rings. The predicted molar refractivity (Wildman–Crippen MR) is 104 cm³/mol. The number of pyridine rings is 2. The van der Waals surface area contributed by atoms with Crippen LogP contribution >= 0.6 is 0 Å². The first-order chi connectivity index (χ1) is 12.6. The van der Waals surface area contributed by atoms with E-state index in [0.717, 1.165) is 27.5 Å². The van der Waals surface area contributed by atoms with Crippen LogP contribution < -0.4 is 0 Å². The lowest BCUT2D eigenvalue weighted by molar-refractivity contribution is 0.0992. The molecule has 26 heavy (non-hydrogen) atoms. The third kappa shape index (κ3) is 4.29. The first kappa shape index (κ1) is 18.1. The quantitative estimate of drug-likeness (QED) is 0.620. The summed E-state index contributed by atoms with van der Waals surface area (Å²) >= 11 is 0. The van der Waals surface area contributed by atoms with Crippen molar-refractivity contribution in [1.29, 1.82) is 0 Å². The summed E-state index contributed by atoms with van der Waals surface area (Å²) in [5, 5.41) is 0. The number of nitrogens with zero attached hydrogens (tertiary/aromatic N) is 2. The van der Waals surface area contributed by atoms with Crippen molar-refractivity contribution in [3.63, 3.8) is 0 Å². The lowest BCUT2D eigenvalue weighted by Gasteiger charge is -2.06. The van der Waals surface area contributed by atoms with Gasteiger partial charge < -0.3 is 0 Å². The third-order valence-corrected chi connectivity index (χ3v) is 5.37. The lowest BCUT2D eigenvalue weighted by atomic mass is 10.0. The van der Waals surface area contributed by atoms with E-state index in [1.165, 1.54) is 0 Å². The van der Waals surface area contributed by atoms with E-state index in [1.54, 1.807) is 18.3 Å². The molecule has 0 spiro atoms. The van der Waals surface area contributed by atoms with E-state index in [-0.39, 0.29) is 12.2 Å². The van der Waals surface area contributed by atoms with E-state index in [1.807, 2.05) is 56.3 Å². The van der Waals surface area contributed by atoms with Crippen LogP contribution in [0.2, 0.25) is 0 Å². The maximum atomic E-state index is 12.6. The van der Waals surface area contributed by atoms with Crippen molar-refractivity contribution in [3.05, 3.63) is 77.7 Å². The Balaban J connectivity index is 1.81. The van der Waals surface area contributed by atoms with E-state index >= 15 is 0 Å². The molecular weight excluding hydrogens is 344 g/mol. The Hall–Kier alpha value is -2.66. The number of ketones is 1. The number of aryl methyl sites for hydroxylation is 1. The minimum Gasteiger partial charge on any atom is -0.294 e. The summed E-state index contributed by atoms with van der Waals surface area (Å²) < 4.78 is 11.8. The number of carbonyl (C=O) groups excluding carboxylic acids is 1. The molecule has 0 N–H and O–H groups in total. The standard InChI is InChI=1S/C21H20N2O2S/c1-3-26(25)19-9-7-16(8-10-19)20-13-17(11-12-22-20)21(24)14-18-6-4-5-15(2)23-18/h4-13H,3,14H2,1-2H3. The highest BCUT2D eigenvalue weighted by Gasteiger charge is 2.11. The van der Waals surface area contributed by atoms with Crippen LogP contribution in [0.25, 0.3) is 11.3 Å². The number of hydrogen-bond donors (Lipinski definition) is 0. The second-order valence-electron chi connectivity index (χ2n) is 5.96. The largest absolute Gasteiger partial charge is 0.294 e. The zero-order chi connectivity index (χ0) is 18.5. The van der Waals surface area contributed by atoms with E-state index in [9.17, 15) is 9.00 Å². The fourth-order valence-electron chi connectivity index (χ4n) is 2.67. The maximum absolute atomic E-state index is 12.6. The van der Waals surface area contributed by atoms with Crippen LogP contribution in [0, 0.1) is 6.92 Å². The van der Waals surface area contributed by atoms with Gasteiger partial charge in [-0.15, -0.1) is 0 Å². The minimum atomic E-state index is -0.973. The van der Waals surface area contributed by atoms with Gasteiger partial charge in [0, 0.05) is 39.4 Å². The summed E-state index contributed by atoms with van der Waals surface area (Å²) in [7, 11) is -0.973. The van der Waals surface area contributed by atoms with Crippen LogP contribution in [0.3, 0.4) is 0 Å². The van der Waals surface area contributed by atoms with Gasteiger partial charge in [-0.1, -0.05) is 25.1 Å². The van der Waals surface area contributed by atoms with Crippen molar-refractivity contribution in [1.82, 2.24) is 9.97 Å². The molecule has 0 amide bonds. The van der Waals surface area contributed by atoms with Gasteiger partial charge >= 0.3 is 0 Å². The normalized spacial score (nSPS) is 11.9. The molecule has 0 fully saturated rings. The monoisotopic (exact) mass is 364 g/mol. The summed E-state index contributed by atoms with van der Waals surface area (Å²) in [6.07, 6.45) is 1.91. The number of rotatable bonds is 6. The summed E-state index contributed by atoms with van der Waals surface area (Å²) in [5.74, 6) is 0.602. The Morgan fingerprint density at radius 2 is 1.85 bits per heavy atom. The van der Waals surface area contributed by atoms with Crippen LogP contribution in [-0.2, 0) is 17.2 Å². The minimum absolute atomic E-state index is 0.00968. The highest BCUT2D eigenvalue weighted by Crippen LogP contribution is 2.20. The van der Waals surface area contributed by atoms with E-state index in [2.05, 4.69) is 9.97 Å². The van der Waals surface area contributed by atoms with Gasteiger partial charge in [-0.3, -0.25) is 19.0 Å². The number of hydrogen-bond acceptors (Lipinski definition) is 4. The van der Waals surface area contributed by atoms with Crippen molar-refractivity contribution >= 4 is 16.6 Å². The topological polar surface area (TPSA) is 59.9 Å². The molecular formula is C21H20N2O2S. The average Bonchev–Trinajstić information content (AvgIpc) is 2.67. The Kier molecular flexibility index (Phi) is 5.68. The molecule has 0 saturated carbocycles. The van der Waals surface area contributed by atoms with Crippen LogP contribution in [-0.4, -0.2) is 25.7 Å². The van der Waals surface area contributed by atoms with Crippen molar-refractivity contribution in [2.75, 3.05) is 5.75 Å². The zero-order valence-corrected chi connectivity index (χ0v) is 15.6. The maximum Gasteiger partial charge on any atom is 0.168 e. The van der Waals surface area contributed by atoms with Gasteiger partial charge in [-0.25, -0.2) is 0 Å². The molecule has 132 valence electrons. The number of aromatic nitrogens is 2. The van der Waals surface area contributed by atoms with Crippen LogP contribution in [0.5, 0.6) is 0 Å². The molecule has 0 saturated heterocycles.